The van der Waals surface area contributed by atoms with Crippen molar-refractivity contribution < 1.29 is 4.42 Å². The number of oxazole rings is 1. The number of benzene rings is 1. The van der Waals surface area contributed by atoms with Gasteiger partial charge in [-0.3, -0.25) is 4.57 Å². The largest absolute Gasteiger partial charge is 0.419 e. The van der Waals surface area contributed by atoms with Crippen LogP contribution >= 0.6 is 0 Å². The molecule has 1 aromatic carbocycles. The Kier molecular flexibility index (Phi) is 2.34. The molecule has 0 aliphatic carbocycles. The maximum atomic E-state index is 11.2. The van der Waals surface area contributed by atoms with Gasteiger partial charge in [0.2, 0.25) is 0 Å². The van der Waals surface area contributed by atoms with Crippen LogP contribution in [0, 0.1) is 0 Å². The van der Waals surface area contributed by atoms with Crippen LogP contribution in [-0.4, -0.2) is 11.6 Å². The number of nitrogens with one attached hydrogen (secondary N) is 1. The van der Waals surface area contributed by atoms with Gasteiger partial charge in [0.25, 0.3) is 0 Å². The monoisotopic (exact) mass is 207 g/mol. The van der Waals surface area contributed by atoms with Gasteiger partial charge < -0.3 is 15.5 Å². The predicted molar refractivity (Wildman–Crippen MR) is 57.4 cm³/mol. The molecule has 3 N–H and O–H groups in total. The first-order valence-electron chi connectivity index (χ1n) is 4.66. The zero-order valence-electron chi connectivity index (χ0n) is 8.65. The number of hydrogen-bond donors (Lipinski definition) is 2. The van der Waals surface area contributed by atoms with Crippen molar-refractivity contribution in [2.45, 2.75) is 6.17 Å². The summed E-state index contributed by atoms with van der Waals surface area (Å²) in [7, 11) is 3.45. The molecule has 0 fully saturated rings. The molecule has 0 saturated carbocycles. The molecular weight excluding hydrogens is 194 g/mol. The lowest BCUT2D eigenvalue weighted by molar-refractivity contribution is 0.527. The molecule has 15 heavy (non-hydrogen) atoms. The highest BCUT2D eigenvalue weighted by molar-refractivity contribution is 5.73. The molecule has 0 radical (unpaired) electrons. The molecule has 1 aromatic heterocycles. The van der Waals surface area contributed by atoms with E-state index < -0.39 is 0 Å². The number of nitrogens with zero attached hydrogens (tertiary/aromatic N) is 1. The average Bonchev–Trinajstić information content (AvgIpc) is 2.53. The standard InChI is InChI=1S/C10H13N3O2/c1-12-9(11)6-3-4-7-8(5-6)15-10(14)13(7)2/h3-5,9,12H,11H2,1-2H3. The maximum absolute atomic E-state index is 11.2. The van der Waals surface area contributed by atoms with E-state index in [0.29, 0.717) is 5.58 Å². The molecule has 5 heteroatoms. The minimum Gasteiger partial charge on any atom is -0.408 e. The van der Waals surface area contributed by atoms with Gasteiger partial charge >= 0.3 is 5.76 Å². The summed E-state index contributed by atoms with van der Waals surface area (Å²) in [6.07, 6.45) is -0.250. The van der Waals surface area contributed by atoms with Crippen molar-refractivity contribution in [1.82, 2.24) is 9.88 Å². The second-order valence-electron chi connectivity index (χ2n) is 3.42. The van der Waals surface area contributed by atoms with E-state index in [2.05, 4.69) is 5.32 Å². The third-order valence-electron chi connectivity index (χ3n) is 2.49. The van der Waals surface area contributed by atoms with Crippen LogP contribution in [0.15, 0.2) is 27.4 Å². The number of hydrogen-bond acceptors (Lipinski definition) is 4. The summed E-state index contributed by atoms with van der Waals surface area (Å²) in [6, 6.07) is 5.48. The molecule has 2 aromatic rings. The Morgan fingerprint density at radius 3 is 2.93 bits per heavy atom. The smallest absolute Gasteiger partial charge is 0.408 e. The van der Waals surface area contributed by atoms with Crippen LogP contribution in [0.1, 0.15) is 11.7 Å². The number of aromatic nitrogens is 1. The first-order chi connectivity index (χ1) is 7.13. The van der Waals surface area contributed by atoms with E-state index in [0.717, 1.165) is 11.1 Å². The quantitative estimate of drug-likeness (QED) is 0.695. The van der Waals surface area contributed by atoms with Crippen molar-refractivity contribution in [3.05, 3.63) is 34.3 Å². The number of rotatable bonds is 2. The van der Waals surface area contributed by atoms with Crippen molar-refractivity contribution in [2.24, 2.45) is 12.8 Å². The summed E-state index contributed by atoms with van der Waals surface area (Å²) in [6.45, 7) is 0. The molecule has 1 atom stereocenters. The summed E-state index contributed by atoms with van der Waals surface area (Å²) in [5.41, 5.74) is 8.01. The summed E-state index contributed by atoms with van der Waals surface area (Å²) in [5.74, 6) is -0.361. The summed E-state index contributed by atoms with van der Waals surface area (Å²) < 4.78 is 6.52. The first-order valence-corrected chi connectivity index (χ1v) is 4.66. The van der Waals surface area contributed by atoms with Crippen molar-refractivity contribution in [3.8, 4) is 0 Å². The Hall–Kier alpha value is -1.59. The average molecular weight is 207 g/mol. The molecule has 1 unspecified atom stereocenters. The van der Waals surface area contributed by atoms with Crippen molar-refractivity contribution >= 4 is 11.1 Å². The minimum absolute atomic E-state index is 0.250. The normalized spacial score (nSPS) is 13.3. The maximum Gasteiger partial charge on any atom is 0.419 e. The molecule has 0 amide bonds. The number of aryl methyl sites for hydroxylation is 1. The van der Waals surface area contributed by atoms with Crippen molar-refractivity contribution in [2.75, 3.05) is 7.05 Å². The molecule has 1 heterocycles. The number of fused-ring (bicyclic) bond motifs is 1. The Morgan fingerprint density at radius 2 is 2.27 bits per heavy atom. The molecule has 0 saturated heterocycles. The van der Waals surface area contributed by atoms with Crippen molar-refractivity contribution in [3.63, 3.8) is 0 Å². The lowest BCUT2D eigenvalue weighted by Crippen LogP contribution is -2.24. The highest BCUT2D eigenvalue weighted by Gasteiger charge is 2.09. The predicted octanol–water partition coefficient (Wildman–Crippen LogP) is 0.308. The van der Waals surface area contributed by atoms with E-state index in [1.54, 1.807) is 20.2 Å². The van der Waals surface area contributed by atoms with Gasteiger partial charge in [-0.05, 0) is 24.7 Å². The van der Waals surface area contributed by atoms with Crippen LogP contribution in [0.4, 0.5) is 0 Å². The van der Waals surface area contributed by atoms with E-state index in [-0.39, 0.29) is 11.9 Å². The van der Waals surface area contributed by atoms with Gasteiger partial charge in [0.05, 0.1) is 11.7 Å². The van der Waals surface area contributed by atoms with Gasteiger partial charge in [-0.1, -0.05) is 6.07 Å². The van der Waals surface area contributed by atoms with Gasteiger partial charge in [-0.15, -0.1) is 0 Å². The molecule has 0 spiro atoms. The Bertz CT molecular complexity index is 541. The second kappa shape index (κ2) is 3.52. The Labute approximate surface area is 86.5 Å². The van der Waals surface area contributed by atoms with Gasteiger partial charge in [-0.25, -0.2) is 4.79 Å². The van der Waals surface area contributed by atoms with Gasteiger partial charge in [-0.2, -0.15) is 0 Å². The zero-order chi connectivity index (χ0) is 11.0. The van der Waals surface area contributed by atoms with Crippen LogP contribution in [0.5, 0.6) is 0 Å². The fourth-order valence-corrected chi connectivity index (χ4v) is 1.51. The zero-order valence-corrected chi connectivity index (χ0v) is 8.65. The van der Waals surface area contributed by atoms with E-state index in [1.165, 1.54) is 4.57 Å². The molecule has 0 aliphatic heterocycles. The Balaban J connectivity index is 2.62. The van der Waals surface area contributed by atoms with Crippen LogP contribution in [-0.2, 0) is 7.05 Å². The van der Waals surface area contributed by atoms with Gasteiger partial charge in [0.1, 0.15) is 0 Å². The molecular formula is C10H13N3O2. The molecule has 5 nitrogen and oxygen atoms in total. The second-order valence-corrected chi connectivity index (χ2v) is 3.42. The fraction of sp³-hybridized carbons (Fsp3) is 0.300. The Morgan fingerprint density at radius 1 is 1.53 bits per heavy atom. The highest BCUT2D eigenvalue weighted by atomic mass is 16.4. The van der Waals surface area contributed by atoms with Crippen molar-refractivity contribution in [1.29, 1.82) is 0 Å². The topological polar surface area (TPSA) is 73.2 Å². The first kappa shape index (κ1) is 9.95. The molecule has 80 valence electrons. The fourth-order valence-electron chi connectivity index (χ4n) is 1.51. The van der Waals surface area contributed by atoms with E-state index in [4.69, 9.17) is 10.2 Å². The third kappa shape index (κ3) is 1.55. The lowest BCUT2D eigenvalue weighted by atomic mass is 10.1. The van der Waals surface area contributed by atoms with Crippen LogP contribution in [0.25, 0.3) is 11.1 Å². The van der Waals surface area contributed by atoms with E-state index in [1.807, 2.05) is 12.1 Å². The van der Waals surface area contributed by atoms with E-state index >= 15 is 0 Å². The summed E-state index contributed by atoms with van der Waals surface area (Å²) >= 11 is 0. The van der Waals surface area contributed by atoms with Gasteiger partial charge in [0, 0.05) is 7.05 Å². The van der Waals surface area contributed by atoms with Crippen LogP contribution in [0.2, 0.25) is 0 Å². The minimum atomic E-state index is -0.361. The molecule has 2 rings (SSSR count). The van der Waals surface area contributed by atoms with E-state index in [9.17, 15) is 4.79 Å². The van der Waals surface area contributed by atoms with Crippen LogP contribution in [0.3, 0.4) is 0 Å². The summed E-state index contributed by atoms with van der Waals surface area (Å²) in [5, 5.41) is 2.92. The van der Waals surface area contributed by atoms with Crippen LogP contribution < -0.4 is 16.8 Å². The number of nitrogens with two attached hydrogens (primary N) is 1. The van der Waals surface area contributed by atoms with Gasteiger partial charge in [0.15, 0.2) is 5.58 Å². The summed E-state index contributed by atoms with van der Waals surface area (Å²) in [4.78, 5) is 11.2. The lowest BCUT2D eigenvalue weighted by Gasteiger charge is -2.09. The molecule has 0 bridgehead atoms. The SMILES string of the molecule is CNC(N)c1ccc2c(c1)oc(=O)n2C. The molecule has 0 aliphatic rings. The third-order valence-corrected chi connectivity index (χ3v) is 2.49. The highest BCUT2D eigenvalue weighted by Crippen LogP contribution is 2.16.